The second-order valence-corrected chi connectivity index (χ2v) is 9.77. The van der Waals surface area contributed by atoms with Crippen LogP contribution >= 0.6 is 0 Å². The fourth-order valence-electron chi connectivity index (χ4n) is 4.98. The molecule has 7 heteroatoms. The molecule has 2 aromatic rings. The largest absolute Gasteiger partial charge is 0.497 e. The first-order valence-electron chi connectivity index (χ1n) is 11.9. The number of rotatable bonds is 5. The van der Waals surface area contributed by atoms with E-state index in [9.17, 15) is 14.0 Å². The molecule has 0 spiro atoms. The zero-order valence-electron chi connectivity index (χ0n) is 20.3. The number of carbonyl (C=O) groups is 2. The molecule has 2 aliphatic heterocycles. The van der Waals surface area contributed by atoms with E-state index in [0.29, 0.717) is 39.0 Å². The quantitative estimate of drug-likeness (QED) is 0.675. The molecule has 2 amide bonds. The van der Waals surface area contributed by atoms with Gasteiger partial charge in [0.05, 0.1) is 19.6 Å². The molecule has 1 atom stereocenters. The van der Waals surface area contributed by atoms with Crippen molar-refractivity contribution in [2.24, 2.45) is 5.41 Å². The number of piperidine rings is 1. The molecule has 0 aromatic heterocycles. The molecule has 34 heavy (non-hydrogen) atoms. The van der Waals surface area contributed by atoms with Crippen LogP contribution in [-0.4, -0.2) is 73.4 Å². The van der Waals surface area contributed by atoms with Crippen LogP contribution in [0.1, 0.15) is 36.9 Å². The van der Waals surface area contributed by atoms with E-state index < -0.39 is 5.41 Å². The Balaban J connectivity index is 1.36. The number of nitrogens with zero attached hydrogens (tertiary/aromatic N) is 3. The first kappa shape index (κ1) is 24.2. The maximum absolute atomic E-state index is 13.6. The molecule has 0 N–H and O–H groups in total. The third-order valence-corrected chi connectivity index (χ3v) is 7.44. The standard InChI is InChI=1S/C27H34FN3O3/c1-27(12-14-30(15-13-27)25(32)18-20-4-8-22(28)9-5-20)26(33)31-17-16-29(2)24(19-31)21-6-10-23(34-3)11-7-21/h4-11,24H,12-19H2,1-3H3/t24-/m0/s1. The number of piperazine rings is 1. The van der Waals surface area contributed by atoms with Crippen LogP contribution in [0.4, 0.5) is 4.39 Å². The predicted molar refractivity (Wildman–Crippen MR) is 129 cm³/mol. The predicted octanol–water partition coefficient (Wildman–Crippen LogP) is 3.52. The highest BCUT2D eigenvalue weighted by molar-refractivity contribution is 5.84. The van der Waals surface area contributed by atoms with Crippen molar-refractivity contribution in [1.82, 2.24) is 14.7 Å². The monoisotopic (exact) mass is 467 g/mol. The van der Waals surface area contributed by atoms with E-state index in [4.69, 9.17) is 4.74 Å². The third-order valence-electron chi connectivity index (χ3n) is 7.44. The van der Waals surface area contributed by atoms with Crippen LogP contribution in [0.15, 0.2) is 48.5 Å². The number of hydrogen-bond donors (Lipinski definition) is 0. The molecule has 2 saturated heterocycles. The van der Waals surface area contributed by atoms with Crippen molar-refractivity contribution in [1.29, 1.82) is 0 Å². The summed E-state index contributed by atoms with van der Waals surface area (Å²) in [5, 5.41) is 0. The Morgan fingerprint density at radius 1 is 0.971 bits per heavy atom. The first-order valence-corrected chi connectivity index (χ1v) is 11.9. The molecule has 0 unspecified atom stereocenters. The van der Waals surface area contributed by atoms with Crippen molar-refractivity contribution in [2.75, 3.05) is 46.9 Å². The normalized spacial score (nSPS) is 20.8. The lowest BCUT2D eigenvalue weighted by Crippen LogP contribution is -2.55. The lowest BCUT2D eigenvalue weighted by Gasteiger charge is -2.45. The van der Waals surface area contributed by atoms with Crippen molar-refractivity contribution >= 4 is 11.8 Å². The molecule has 0 radical (unpaired) electrons. The number of benzene rings is 2. The molecule has 182 valence electrons. The molecular formula is C27H34FN3O3. The summed E-state index contributed by atoms with van der Waals surface area (Å²) in [6.07, 6.45) is 1.56. The highest BCUT2D eigenvalue weighted by atomic mass is 19.1. The molecule has 0 aliphatic carbocycles. The van der Waals surface area contributed by atoms with Crippen molar-refractivity contribution in [3.05, 3.63) is 65.5 Å². The summed E-state index contributed by atoms with van der Waals surface area (Å²) < 4.78 is 18.4. The van der Waals surface area contributed by atoms with Gasteiger partial charge in [-0.15, -0.1) is 0 Å². The van der Waals surface area contributed by atoms with E-state index in [0.717, 1.165) is 17.9 Å². The topological polar surface area (TPSA) is 53.1 Å². The number of hydrogen-bond acceptors (Lipinski definition) is 4. The van der Waals surface area contributed by atoms with Gasteiger partial charge >= 0.3 is 0 Å². The molecule has 2 aliphatic rings. The van der Waals surface area contributed by atoms with Crippen LogP contribution in [0, 0.1) is 11.2 Å². The molecular weight excluding hydrogens is 433 g/mol. The lowest BCUT2D eigenvalue weighted by atomic mass is 9.78. The average Bonchev–Trinajstić information content (AvgIpc) is 2.86. The molecule has 4 rings (SSSR count). The Hall–Kier alpha value is -2.93. The number of likely N-dealkylation sites (tertiary alicyclic amines) is 1. The van der Waals surface area contributed by atoms with E-state index in [1.165, 1.54) is 17.7 Å². The number of methoxy groups -OCH3 is 1. The number of ether oxygens (including phenoxy) is 1. The SMILES string of the molecule is COc1ccc([C@@H]2CN(C(=O)C3(C)CCN(C(=O)Cc4ccc(F)cc4)CC3)CCN2C)cc1. The van der Waals surface area contributed by atoms with Gasteiger partial charge in [0.15, 0.2) is 0 Å². The van der Waals surface area contributed by atoms with Crippen LogP contribution < -0.4 is 4.74 Å². The smallest absolute Gasteiger partial charge is 0.228 e. The van der Waals surface area contributed by atoms with E-state index in [1.54, 1.807) is 19.2 Å². The fraction of sp³-hybridized carbons (Fsp3) is 0.481. The second kappa shape index (κ2) is 10.1. The second-order valence-electron chi connectivity index (χ2n) is 9.77. The van der Waals surface area contributed by atoms with Gasteiger partial charge in [0.1, 0.15) is 11.6 Å². The van der Waals surface area contributed by atoms with E-state index in [2.05, 4.69) is 24.1 Å². The highest BCUT2D eigenvalue weighted by Gasteiger charge is 2.42. The van der Waals surface area contributed by atoms with Gasteiger partial charge in [-0.3, -0.25) is 14.5 Å². The van der Waals surface area contributed by atoms with Crippen molar-refractivity contribution in [3.63, 3.8) is 0 Å². The van der Waals surface area contributed by atoms with Gasteiger partial charge < -0.3 is 14.5 Å². The molecule has 0 bridgehead atoms. The molecule has 2 aromatic carbocycles. The van der Waals surface area contributed by atoms with Gasteiger partial charge in [0.2, 0.25) is 11.8 Å². The Labute approximate surface area is 201 Å². The minimum Gasteiger partial charge on any atom is -0.497 e. The van der Waals surface area contributed by atoms with Crippen LogP contribution in [0.2, 0.25) is 0 Å². The van der Waals surface area contributed by atoms with Crippen LogP contribution in [0.5, 0.6) is 5.75 Å². The highest BCUT2D eigenvalue weighted by Crippen LogP contribution is 2.35. The van der Waals surface area contributed by atoms with E-state index >= 15 is 0 Å². The Morgan fingerprint density at radius 2 is 1.62 bits per heavy atom. The molecule has 2 heterocycles. The lowest BCUT2D eigenvalue weighted by molar-refractivity contribution is -0.149. The Bertz CT molecular complexity index is 1000. The zero-order valence-corrected chi connectivity index (χ0v) is 20.3. The fourth-order valence-corrected chi connectivity index (χ4v) is 4.98. The number of likely N-dealkylation sites (N-methyl/N-ethyl adjacent to an activating group) is 1. The summed E-state index contributed by atoms with van der Waals surface area (Å²) in [5.74, 6) is 0.731. The van der Waals surface area contributed by atoms with Gasteiger partial charge in [0, 0.05) is 38.1 Å². The van der Waals surface area contributed by atoms with Crippen LogP contribution in [0.25, 0.3) is 0 Å². The number of carbonyl (C=O) groups excluding carboxylic acids is 2. The van der Waals surface area contributed by atoms with Crippen molar-refractivity contribution in [3.8, 4) is 5.75 Å². The molecule has 6 nitrogen and oxygen atoms in total. The number of amides is 2. The summed E-state index contributed by atoms with van der Waals surface area (Å²) >= 11 is 0. The van der Waals surface area contributed by atoms with Gasteiger partial charge in [-0.2, -0.15) is 0 Å². The van der Waals surface area contributed by atoms with Crippen LogP contribution in [-0.2, 0) is 16.0 Å². The van der Waals surface area contributed by atoms with Crippen molar-refractivity contribution < 1.29 is 18.7 Å². The number of halogens is 1. The maximum Gasteiger partial charge on any atom is 0.228 e. The van der Waals surface area contributed by atoms with Gasteiger partial charge in [-0.05, 0) is 55.3 Å². The third kappa shape index (κ3) is 5.25. The Morgan fingerprint density at radius 3 is 2.24 bits per heavy atom. The van der Waals surface area contributed by atoms with Crippen LogP contribution in [0.3, 0.4) is 0 Å². The summed E-state index contributed by atoms with van der Waals surface area (Å²) in [6, 6.07) is 14.3. The minimum absolute atomic E-state index is 0.0280. The van der Waals surface area contributed by atoms with Gasteiger partial charge in [-0.25, -0.2) is 4.39 Å². The van der Waals surface area contributed by atoms with E-state index in [1.807, 2.05) is 28.9 Å². The average molecular weight is 468 g/mol. The van der Waals surface area contributed by atoms with Gasteiger partial charge in [-0.1, -0.05) is 31.2 Å². The zero-order chi connectivity index (χ0) is 24.3. The minimum atomic E-state index is -0.465. The van der Waals surface area contributed by atoms with E-state index in [-0.39, 0.29) is 30.1 Å². The summed E-state index contributed by atoms with van der Waals surface area (Å²) in [5.41, 5.74) is 1.51. The van der Waals surface area contributed by atoms with Gasteiger partial charge in [0.25, 0.3) is 0 Å². The molecule has 0 saturated carbocycles. The summed E-state index contributed by atoms with van der Waals surface area (Å²) in [7, 11) is 3.76. The van der Waals surface area contributed by atoms with Crippen molar-refractivity contribution in [2.45, 2.75) is 32.2 Å². The molecule has 2 fully saturated rings. The maximum atomic E-state index is 13.6. The first-order chi connectivity index (χ1) is 16.3. The summed E-state index contributed by atoms with van der Waals surface area (Å²) in [4.78, 5) is 32.5. The Kier molecular flexibility index (Phi) is 7.22. The summed E-state index contributed by atoms with van der Waals surface area (Å²) in [6.45, 7) is 5.36.